The molecular weight excluding hydrogens is 68.0 g/mol. The lowest BCUT2D eigenvalue weighted by Gasteiger charge is -1.54. The van der Waals surface area contributed by atoms with Crippen molar-refractivity contribution in [2.45, 2.75) is 6.92 Å². The lowest BCUT2D eigenvalue weighted by Crippen LogP contribution is -1.85. The average molecular weight is 71.1 g/mol. The molecule has 0 aliphatic rings. The summed E-state index contributed by atoms with van der Waals surface area (Å²) in [6.07, 6.45) is 1.14. The largest absolute Gasteiger partial charge is 0.291 e. The Morgan fingerprint density at radius 3 is 2.00 bits per heavy atom. The van der Waals surface area contributed by atoms with E-state index < -0.39 is 5.78 Å². The number of hydrogen-bond acceptors (Lipinski definition) is 2. The van der Waals surface area contributed by atoms with E-state index in [9.17, 15) is 4.79 Å². The molecule has 0 rings (SSSR count). The average Bonchev–Trinajstić information content (AvgIpc) is 1.38. The molecule has 0 bridgehead atoms. The fourth-order valence-electron chi connectivity index (χ4n) is 0. The third-order valence-corrected chi connectivity index (χ3v) is 0.144. The molecule has 0 atom stereocenters. The second-order valence-electron chi connectivity index (χ2n) is 0.658. The van der Waals surface area contributed by atoms with Gasteiger partial charge in [-0.2, -0.15) is 0 Å². The minimum Gasteiger partial charge on any atom is -0.291 e. The second-order valence-corrected chi connectivity index (χ2v) is 0.658. The van der Waals surface area contributed by atoms with Gasteiger partial charge in [-0.1, -0.05) is 0 Å². The molecule has 0 aromatic rings. The van der Waals surface area contributed by atoms with Crippen LogP contribution >= 0.6 is 0 Å². The van der Waals surface area contributed by atoms with Crippen molar-refractivity contribution in [2.24, 2.45) is 0 Å². The molecule has 0 saturated heterocycles. The molecule has 5 heavy (non-hydrogen) atoms. The Hall–Kier alpha value is -0.660. The van der Waals surface area contributed by atoms with Crippen LogP contribution in [0.2, 0.25) is 0 Å². The highest BCUT2D eigenvalue weighted by molar-refractivity contribution is 6.24. The Morgan fingerprint density at radius 2 is 2.00 bits per heavy atom. The van der Waals surface area contributed by atoms with Gasteiger partial charge in [-0.25, -0.2) is 0 Å². The summed E-state index contributed by atoms with van der Waals surface area (Å²) in [7, 11) is 0. The molecule has 0 saturated carbocycles. The first kappa shape index (κ1) is 4.34. The SMILES string of the molecule is CC(=O)[C]=O. The van der Waals surface area contributed by atoms with Gasteiger partial charge in [0.25, 0.3) is 6.29 Å². The summed E-state index contributed by atoms with van der Waals surface area (Å²) in [5.74, 6) is -0.551. The van der Waals surface area contributed by atoms with Gasteiger partial charge in [0.05, 0.1) is 0 Å². The van der Waals surface area contributed by atoms with E-state index in [1.54, 1.807) is 0 Å². The highest BCUT2D eigenvalue weighted by Crippen LogP contribution is 1.48. The van der Waals surface area contributed by atoms with Crippen LogP contribution in [0.3, 0.4) is 0 Å². The lowest BCUT2D eigenvalue weighted by atomic mass is 10.5. The van der Waals surface area contributed by atoms with E-state index in [-0.39, 0.29) is 0 Å². The molecule has 2 nitrogen and oxygen atoms in total. The first-order valence-corrected chi connectivity index (χ1v) is 1.16. The summed E-state index contributed by atoms with van der Waals surface area (Å²) in [5, 5.41) is 0. The van der Waals surface area contributed by atoms with Crippen LogP contribution in [0.5, 0.6) is 0 Å². The molecule has 0 fully saturated rings. The first-order valence-electron chi connectivity index (χ1n) is 1.16. The Morgan fingerprint density at radius 1 is 1.80 bits per heavy atom. The van der Waals surface area contributed by atoms with E-state index in [2.05, 4.69) is 0 Å². The quantitative estimate of drug-likeness (QED) is 0.397. The maximum Gasteiger partial charge on any atom is 0.271 e. The fraction of sp³-hybridized carbons (Fsp3) is 0.333. The van der Waals surface area contributed by atoms with E-state index in [1.165, 1.54) is 0 Å². The van der Waals surface area contributed by atoms with Crippen LogP contribution in [-0.2, 0) is 9.59 Å². The molecule has 0 aliphatic heterocycles. The fourth-order valence-corrected chi connectivity index (χ4v) is 0. The molecule has 0 spiro atoms. The number of ketones is 1. The van der Waals surface area contributed by atoms with Gasteiger partial charge < -0.3 is 0 Å². The van der Waals surface area contributed by atoms with Crippen molar-refractivity contribution >= 4 is 12.1 Å². The Labute approximate surface area is 29.8 Å². The summed E-state index contributed by atoms with van der Waals surface area (Å²) in [4.78, 5) is 18.4. The predicted molar refractivity (Wildman–Crippen MR) is 16.4 cm³/mol. The smallest absolute Gasteiger partial charge is 0.271 e. The minimum absolute atomic E-state index is 0.551. The topological polar surface area (TPSA) is 34.1 Å². The summed E-state index contributed by atoms with van der Waals surface area (Å²) in [6.45, 7) is 1.16. The Kier molecular flexibility index (Phi) is 1.42. The second kappa shape index (κ2) is 1.64. The molecule has 0 aromatic carbocycles. The van der Waals surface area contributed by atoms with Gasteiger partial charge in [0.15, 0.2) is 0 Å². The third kappa shape index (κ3) is 3.34. The van der Waals surface area contributed by atoms with Crippen LogP contribution in [0.15, 0.2) is 0 Å². The van der Waals surface area contributed by atoms with Crippen LogP contribution < -0.4 is 0 Å². The lowest BCUT2D eigenvalue weighted by molar-refractivity contribution is -0.111. The third-order valence-electron chi connectivity index (χ3n) is 0.144. The molecule has 0 amide bonds. The molecule has 27 valence electrons. The Balaban J connectivity index is 3.20. The maximum atomic E-state index is 9.39. The zero-order valence-corrected chi connectivity index (χ0v) is 2.82. The van der Waals surface area contributed by atoms with E-state index >= 15 is 0 Å². The van der Waals surface area contributed by atoms with Crippen LogP contribution in [0.25, 0.3) is 0 Å². The zero-order chi connectivity index (χ0) is 4.28. The highest BCUT2D eigenvalue weighted by atomic mass is 16.2. The van der Waals surface area contributed by atoms with Gasteiger partial charge >= 0.3 is 0 Å². The van der Waals surface area contributed by atoms with Crippen molar-refractivity contribution in [1.82, 2.24) is 0 Å². The summed E-state index contributed by atoms with van der Waals surface area (Å²) < 4.78 is 0. The molecule has 2 heteroatoms. The van der Waals surface area contributed by atoms with Crippen molar-refractivity contribution in [2.75, 3.05) is 0 Å². The summed E-state index contributed by atoms with van der Waals surface area (Å²) in [6, 6.07) is 0. The van der Waals surface area contributed by atoms with Crippen molar-refractivity contribution in [1.29, 1.82) is 0 Å². The molecule has 0 N–H and O–H groups in total. The van der Waals surface area contributed by atoms with E-state index in [1.807, 2.05) is 0 Å². The summed E-state index contributed by atoms with van der Waals surface area (Å²) in [5.41, 5.74) is 0. The number of Topliss-reactive ketones (excluding diaryl/α,β-unsaturated/α-hetero) is 1. The number of carbonyl (C=O) groups excluding carboxylic acids is 2. The number of hydrogen-bond donors (Lipinski definition) is 0. The van der Waals surface area contributed by atoms with E-state index in [4.69, 9.17) is 4.79 Å². The van der Waals surface area contributed by atoms with Gasteiger partial charge in [0, 0.05) is 6.92 Å². The first-order chi connectivity index (χ1) is 2.27. The molecule has 0 heterocycles. The molecule has 1 radical (unpaired) electrons. The monoisotopic (exact) mass is 71.0 g/mol. The van der Waals surface area contributed by atoms with Crippen LogP contribution in [0.4, 0.5) is 0 Å². The standard InChI is InChI=1S/C3H3O2/c1-3(5)2-4/h1H3. The van der Waals surface area contributed by atoms with Crippen LogP contribution in [0, 0.1) is 0 Å². The number of carbonyl (C=O) groups is 1. The van der Waals surface area contributed by atoms with Crippen molar-refractivity contribution in [3.8, 4) is 0 Å². The van der Waals surface area contributed by atoms with Crippen molar-refractivity contribution < 1.29 is 9.59 Å². The number of rotatable bonds is 1. The highest BCUT2D eigenvalue weighted by Gasteiger charge is 1.79. The van der Waals surface area contributed by atoms with Gasteiger partial charge in [-0.05, 0) is 0 Å². The van der Waals surface area contributed by atoms with Crippen LogP contribution in [-0.4, -0.2) is 12.1 Å². The van der Waals surface area contributed by atoms with E-state index in [0.29, 0.717) is 0 Å². The van der Waals surface area contributed by atoms with Gasteiger partial charge in [-0.15, -0.1) is 0 Å². The van der Waals surface area contributed by atoms with Crippen molar-refractivity contribution in [3.05, 3.63) is 0 Å². The molecule has 0 aromatic heterocycles. The van der Waals surface area contributed by atoms with Gasteiger partial charge in [-0.3, -0.25) is 9.59 Å². The Bertz CT molecular complexity index is 55.9. The normalized spacial score (nSPS) is 6.60. The van der Waals surface area contributed by atoms with E-state index in [0.717, 1.165) is 13.2 Å². The van der Waals surface area contributed by atoms with Crippen LogP contribution in [0.1, 0.15) is 6.92 Å². The van der Waals surface area contributed by atoms with Gasteiger partial charge in [0.1, 0.15) is 0 Å². The maximum absolute atomic E-state index is 9.39. The minimum atomic E-state index is -0.551. The molecule has 0 aliphatic carbocycles. The van der Waals surface area contributed by atoms with Crippen molar-refractivity contribution in [3.63, 3.8) is 0 Å². The summed E-state index contributed by atoms with van der Waals surface area (Å²) >= 11 is 0. The van der Waals surface area contributed by atoms with Gasteiger partial charge in [0.2, 0.25) is 5.78 Å². The zero-order valence-electron chi connectivity index (χ0n) is 2.82. The molecular formula is C3H3O2. The molecule has 0 unspecified atom stereocenters. The predicted octanol–water partition coefficient (Wildman–Crippen LogP) is -0.315.